The summed E-state index contributed by atoms with van der Waals surface area (Å²) in [6.07, 6.45) is 0.995. The first kappa shape index (κ1) is 16.3. The van der Waals surface area contributed by atoms with Gasteiger partial charge in [-0.3, -0.25) is 4.79 Å². The lowest BCUT2D eigenvalue weighted by molar-refractivity contribution is 0.0743. The van der Waals surface area contributed by atoms with E-state index < -0.39 is 0 Å². The summed E-state index contributed by atoms with van der Waals surface area (Å²) in [5.41, 5.74) is 7.33. The minimum Gasteiger partial charge on any atom is -0.336 e. The van der Waals surface area contributed by atoms with Crippen LogP contribution in [0.4, 0.5) is 0 Å². The summed E-state index contributed by atoms with van der Waals surface area (Å²) < 4.78 is 0. The van der Waals surface area contributed by atoms with Gasteiger partial charge in [-0.05, 0) is 56.5 Å². The van der Waals surface area contributed by atoms with Crippen molar-refractivity contribution < 1.29 is 4.79 Å². The van der Waals surface area contributed by atoms with Crippen LogP contribution >= 0.6 is 24.0 Å². The smallest absolute Gasteiger partial charge is 0.254 e. The number of likely N-dealkylation sites (tertiary alicyclic amines) is 1. The van der Waals surface area contributed by atoms with Crippen molar-refractivity contribution >= 4 is 29.9 Å². The maximum Gasteiger partial charge on any atom is 0.254 e. The third-order valence-electron chi connectivity index (χ3n) is 3.66. The van der Waals surface area contributed by atoms with Gasteiger partial charge in [-0.1, -0.05) is 11.6 Å². The number of carbonyl (C=O) groups is 1. The van der Waals surface area contributed by atoms with Crippen LogP contribution in [0, 0.1) is 12.8 Å². The molecule has 0 radical (unpaired) electrons. The van der Waals surface area contributed by atoms with E-state index in [2.05, 4.69) is 6.92 Å². The van der Waals surface area contributed by atoms with Gasteiger partial charge in [0.2, 0.25) is 0 Å². The molecule has 0 aromatic heterocycles. The first-order chi connectivity index (χ1) is 8.52. The van der Waals surface area contributed by atoms with E-state index >= 15 is 0 Å². The van der Waals surface area contributed by atoms with E-state index in [-0.39, 0.29) is 24.4 Å². The van der Waals surface area contributed by atoms with Crippen LogP contribution < -0.4 is 5.73 Å². The van der Waals surface area contributed by atoms with Crippen LogP contribution in [0.5, 0.6) is 0 Å². The lowest BCUT2D eigenvalue weighted by Gasteiger charge is -2.21. The molecule has 1 aliphatic heterocycles. The number of nitrogens with zero attached hydrogens (tertiary/aromatic N) is 1. The molecule has 0 bridgehead atoms. The number of hydrogen-bond donors (Lipinski definition) is 1. The fourth-order valence-corrected chi connectivity index (χ4v) is 2.66. The van der Waals surface area contributed by atoms with Gasteiger partial charge >= 0.3 is 0 Å². The molecule has 1 heterocycles. The molecule has 1 fully saturated rings. The molecular formula is C14H20Cl2N2O. The summed E-state index contributed by atoms with van der Waals surface area (Å²) in [6, 6.07) is 5.69. The summed E-state index contributed by atoms with van der Waals surface area (Å²) in [7, 11) is 0. The molecule has 0 aliphatic carbocycles. The molecule has 1 aromatic carbocycles. The van der Waals surface area contributed by atoms with Gasteiger partial charge in [0.25, 0.3) is 5.91 Å². The highest BCUT2D eigenvalue weighted by molar-refractivity contribution is 6.31. The number of amides is 1. The number of carbonyl (C=O) groups excluding carboxylic acids is 1. The van der Waals surface area contributed by atoms with Crippen LogP contribution in [-0.2, 0) is 0 Å². The minimum absolute atomic E-state index is 0. The highest BCUT2D eigenvalue weighted by Crippen LogP contribution is 2.25. The standard InChI is InChI=1S/C14H19ClN2O.ClH/c1-9-5-12(3-4-13(9)15)14(18)17-8-11(7-16)6-10(17)2;/h3-5,10-11H,6-8,16H2,1-2H3;1H. The van der Waals surface area contributed by atoms with E-state index in [0.29, 0.717) is 23.0 Å². The molecule has 1 aliphatic rings. The molecule has 1 saturated heterocycles. The number of halogens is 2. The summed E-state index contributed by atoms with van der Waals surface area (Å²) in [5.74, 6) is 0.510. The maximum atomic E-state index is 12.4. The normalized spacial score (nSPS) is 22.2. The van der Waals surface area contributed by atoms with E-state index in [4.69, 9.17) is 17.3 Å². The Morgan fingerprint density at radius 1 is 1.53 bits per heavy atom. The molecule has 2 N–H and O–H groups in total. The van der Waals surface area contributed by atoms with Gasteiger partial charge in [-0.15, -0.1) is 12.4 Å². The molecule has 2 unspecified atom stereocenters. The second-order valence-electron chi connectivity index (χ2n) is 5.11. The third kappa shape index (κ3) is 3.41. The molecular weight excluding hydrogens is 283 g/mol. The Bertz CT molecular complexity index is 465. The van der Waals surface area contributed by atoms with Gasteiger partial charge < -0.3 is 10.6 Å². The van der Waals surface area contributed by atoms with Crippen LogP contribution in [0.15, 0.2) is 18.2 Å². The number of hydrogen-bond acceptors (Lipinski definition) is 2. The maximum absolute atomic E-state index is 12.4. The number of nitrogens with two attached hydrogens (primary N) is 1. The zero-order chi connectivity index (χ0) is 13.3. The molecule has 5 heteroatoms. The van der Waals surface area contributed by atoms with E-state index in [1.807, 2.05) is 17.9 Å². The van der Waals surface area contributed by atoms with E-state index in [0.717, 1.165) is 18.5 Å². The van der Waals surface area contributed by atoms with Gasteiger partial charge in [0.15, 0.2) is 0 Å². The molecule has 1 aromatic rings. The van der Waals surface area contributed by atoms with E-state index in [1.54, 1.807) is 12.1 Å². The average molecular weight is 303 g/mol. The molecule has 0 spiro atoms. The van der Waals surface area contributed by atoms with Crippen molar-refractivity contribution in [2.45, 2.75) is 26.3 Å². The van der Waals surface area contributed by atoms with E-state index in [9.17, 15) is 4.79 Å². The third-order valence-corrected chi connectivity index (χ3v) is 4.08. The quantitative estimate of drug-likeness (QED) is 0.913. The van der Waals surface area contributed by atoms with Crippen LogP contribution in [0.3, 0.4) is 0 Å². The van der Waals surface area contributed by atoms with Gasteiger partial charge in [0, 0.05) is 23.2 Å². The fraction of sp³-hybridized carbons (Fsp3) is 0.500. The number of aryl methyl sites for hydroxylation is 1. The first-order valence-corrected chi connectivity index (χ1v) is 6.68. The molecule has 1 amide bonds. The number of benzene rings is 1. The fourth-order valence-electron chi connectivity index (χ4n) is 2.54. The zero-order valence-electron chi connectivity index (χ0n) is 11.2. The van der Waals surface area contributed by atoms with Crippen LogP contribution in [0.1, 0.15) is 29.3 Å². The molecule has 3 nitrogen and oxygen atoms in total. The van der Waals surface area contributed by atoms with Crippen molar-refractivity contribution in [3.8, 4) is 0 Å². The van der Waals surface area contributed by atoms with Crippen molar-refractivity contribution in [1.82, 2.24) is 4.90 Å². The highest BCUT2D eigenvalue weighted by atomic mass is 35.5. The van der Waals surface area contributed by atoms with Gasteiger partial charge in [0.1, 0.15) is 0 Å². The van der Waals surface area contributed by atoms with Crippen molar-refractivity contribution in [3.63, 3.8) is 0 Å². The van der Waals surface area contributed by atoms with Crippen molar-refractivity contribution in [1.29, 1.82) is 0 Å². The van der Waals surface area contributed by atoms with Crippen LogP contribution in [-0.4, -0.2) is 29.9 Å². The predicted octanol–water partition coefficient (Wildman–Crippen LogP) is 2.88. The molecule has 19 heavy (non-hydrogen) atoms. The van der Waals surface area contributed by atoms with Crippen molar-refractivity contribution in [2.24, 2.45) is 11.7 Å². The Kier molecular flexibility index (Phi) is 5.65. The Morgan fingerprint density at radius 3 is 2.74 bits per heavy atom. The SMILES string of the molecule is Cc1cc(C(=O)N2CC(CN)CC2C)ccc1Cl.Cl. The molecule has 2 atom stereocenters. The largest absolute Gasteiger partial charge is 0.336 e. The monoisotopic (exact) mass is 302 g/mol. The Labute approximate surface area is 125 Å². The van der Waals surface area contributed by atoms with Crippen LogP contribution in [0.2, 0.25) is 5.02 Å². The molecule has 0 saturated carbocycles. The molecule has 106 valence electrons. The van der Waals surface area contributed by atoms with E-state index in [1.165, 1.54) is 0 Å². The summed E-state index contributed by atoms with van der Waals surface area (Å²) in [6.45, 7) is 5.40. The topological polar surface area (TPSA) is 46.3 Å². The minimum atomic E-state index is 0. The Morgan fingerprint density at radius 2 is 2.21 bits per heavy atom. The summed E-state index contributed by atoms with van der Waals surface area (Å²) in [5, 5.41) is 0.695. The van der Waals surface area contributed by atoms with Crippen molar-refractivity contribution in [2.75, 3.05) is 13.1 Å². The van der Waals surface area contributed by atoms with Crippen molar-refractivity contribution in [3.05, 3.63) is 34.3 Å². The second kappa shape index (κ2) is 6.60. The molecule has 2 rings (SSSR count). The van der Waals surface area contributed by atoms with Gasteiger partial charge in [0.05, 0.1) is 0 Å². The lowest BCUT2D eigenvalue weighted by atomic mass is 10.1. The Balaban J connectivity index is 0.00000180. The van der Waals surface area contributed by atoms with Gasteiger partial charge in [-0.2, -0.15) is 0 Å². The first-order valence-electron chi connectivity index (χ1n) is 6.30. The summed E-state index contributed by atoms with van der Waals surface area (Å²) in [4.78, 5) is 14.3. The van der Waals surface area contributed by atoms with Gasteiger partial charge in [-0.25, -0.2) is 0 Å². The number of rotatable bonds is 2. The average Bonchev–Trinajstić information content (AvgIpc) is 2.73. The zero-order valence-corrected chi connectivity index (χ0v) is 12.8. The predicted molar refractivity (Wildman–Crippen MR) is 81.1 cm³/mol. The lowest BCUT2D eigenvalue weighted by Crippen LogP contribution is -2.34. The second-order valence-corrected chi connectivity index (χ2v) is 5.52. The summed E-state index contributed by atoms with van der Waals surface area (Å²) >= 11 is 5.98. The highest BCUT2D eigenvalue weighted by Gasteiger charge is 2.32. The van der Waals surface area contributed by atoms with Crippen LogP contribution in [0.25, 0.3) is 0 Å². The Hall–Kier alpha value is -0.770.